The normalized spacial score (nSPS) is 16.3. The van der Waals surface area contributed by atoms with E-state index in [0.29, 0.717) is 31.4 Å². The number of nitrogens with two attached hydrogens (primary N) is 1. The quantitative estimate of drug-likeness (QED) is 0.546. The number of benzene rings is 1. The number of amides is 2. The van der Waals surface area contributed by atoms with E-state index < -0.39 is 5.91 Å². The molecule has 0 aliphatic heterocycles. The van der Waals surface area contributed by atoms with Gasteiger partial charge in [0.15, 0.2) is 0 Å². The fraction of sp³-hybridized carbons (Fsp3) is 0.263. The number of hydrogen-bond donors (Lipinski definition) is 2. The molecule has 0 unspecified atom stereocenters. The van der Waals surface area contributed by atoms with Gasteiger partial charge in [0.25, 0.3) is 11.8 Å². The lowest BCUT2D eigenvalue weighted by atomic mass is 9.88. The van der Waals surface area contributed by atoms with Crippen molar-refractivity contribution in [3.8, 4) is 0 Å². The predicted molar refractivity (Wildman–Crippen MR) is 114 cm³/mol. The smallest absolute Gasteiger partial charge is 0.267 e. The molecule has 1 aliphatic rings. The van der Waals surface area contributed by atoms with Gasteiger partial charge in [0.05, 0.1) is 10.6 Å². The number of rotatable bonds is 3. The molecule has 1 aliphatic carbocycles. The molecule has 0 saturated carbocycles. The highest BCUT2D eigenvalue weighted by Crippen LogP contribution is 2.41. The van der Waals surface area contributed by atoms with Gasteiger partial charge in [0.1, 0.15) is 9.88 Å². The van der Waals surface area contributed by atoms with Crippen molar-refractivity contribution in [2.75, 3.05) is 5.32 Å². The summed E-state index contributed by atoms with van der Waals surface area (Å²) in [6.07, 6.45) is 2.72. The summed E-state index contributed by atoms with van der Waals surface area (Å²) in [5.74, 6) is -0.291. The molecule has 1 atom stereocenters. The highest BCUT2D eigenvalue weighted by Gasteiger charge is 2.28. The first-order chi connectivity index (χ1) is 12.8. The number of thiophene rings is 2. The average molecular weight is 439 g/mol. The lowest BCUT2D eigenvalue weighted by Crippen LogP contribution is -2.19. The van der Waals surface area contributed by atoms with Crippen molar-refractivity contribution in [1.82, 2.24) is 0 Å². The Morgan fingerprint density at radius 2 is 2.04 bits per heavy atom. The lowest BCUT2D eigenvalue weighted by Gasteiger charge is -2.18. The molecule has 0 saturated heterocycles. The second kappa shape index (κ2) is 7.09. The van der Waals surface area contributed by atoms with Crippen LogP contribution in [0.3, 0.4) is 0 Å². The Bertz CT molecular complexity index is 1090. The van der Waals surface area contributed by atoms with Crippen molar-refractivity contribution >= 4 is 72.8 Å². The number of fused-ring (bicyclic) bond motifs is 2. The van der Waals surface area contributed by atoms with Crippen LogP contribution in [-0.4, -0.2) is 11.8 Å². The standard InChI is InChI=1S/C19H16Cl2N2O2S2/c1-8-2-4-10-12(6-8)27-19(14(10)17(22)24)23-18(25)16-15(21)11-5-3-9(20)7-13(11)26-16/h3,5,7-8H,2,4,6H2,1H3,(H2,22,24)(H,23,25)/t8-/m1/s1. The number of primary amides is 1. The van der Waals surface area contributed by atoms with Crippen molar-refractivity contribution in [3.63, 3.8) is 0 Å². The third kappa shape index (κ3) is 3.36. The Hall–Kier alpha value is -1.60. The van der Waals surface area contributed by atoms with E-state index in [1.54, 1.807) is 18.2 Å². The monoisotopic (exact) mass is 438 g/mol. The molecule has 0 radical (unpaired) electrons. The van der Waals surface area contributed by atoms with Crippen LogP contribution in [0.25, 0.3) is 10.1 Å². The predicted octanol–water partition coefficient (Wildman–Crippen LogP) is 5.75. The fourth-order valence-corrected chi connectivity index (χ4v) is 6.54. The van der Waals surface area contributed by atoms with E-state index in [0.717, 1.165) is 39.8 Å². The van der Waals surface area contributed by atoms with Crippen LogP contribution in [0.1, 0.15) is 43.8 Å². The Balaban J connectivity index is 1.71. The van der Waals surface area contributed by atoms with Gasteiger partial charge in [0.2, 0.25) is 0 Å². The molecular formula is C19H16Cl2N2O2S2. The summed E-state index contributed by atoms with van der Waals surface area (Å²) in [4.78, 5) is 26.4. The molecule has 0 bridgehead atoms. The van der Waals surface area contributed by atoms with Gasteiger partial charge in [-0.15, -0.1) is 22.7 Å². The van der Waals surface area contributed by atoms with Gasteiger partial charge in [0, 0.05) is 20.0 Å². The van der Waals surface area contributed by atoms with E-state index >= 15 is 0 Å². The van der Waals surface area contributed by atoms with Crippen LogP contribution >= 0.6 is 45.9 Å². The van der Waals surface area contributed by atoms with Crippen molar-refractivity contribution in [2.24, 2.45) is 11.7 Å². The molecule has 27 heavy (non-hydrogen) atoms. The summed E-state index contributed by atoms with van der Waals surface area (Å²) in [6, 6.07) is 5.32. The number of carbonyl (C=O) groups excluding carboxylic acids is 2. The maximum Gasteiger partial charge on any atom is 0.267 e. The summed E-state index contributed by atoms with van der Waals surface area (Å²) in [5.41, 5.74) is 7.04. The van der Waals surface area contributed by atoms with Gasteiger partial charge in [-0.05, 0) is 42.9 Å². The highest BCUT2D eigenvalue weighted by atomic mass is 35.5. The molecule has 1 aromatic carbocycles. The molecule has 4 nitrogen and oxygen atoms in total. The van der Waals surface area contributed by atoms with E-state index in [-0.39, 0.29) is 5.91 Å². The van der Waals surface area contributed by atoms with Crippen LogP contribution < -0.4 is 11.1 Å². The Labute approximate surface area is 174 Å². The topological polar surface area (TPSA) is 72.2 Å². The minimum atomic E-state index is -0.508. The molecule has 3 aromatic rings. The Morgan fingerprint density at radius 1 is 1.26 bits per heavy atom. The number of carbonyl (C=O) groups is 2. The summed E-state index contributed by atoms with van der Waals surface area (Å²) in [7, 11) is 0. The summed E-state index contributed by atoms with van der Waals surface area (Å²) >= 11 is 15.2. The maximum absolute atomic E-state index is 12.9. The first kappa shape index (κ1) is 18.7. The molecular weight excluding hydrogens is 423 g/mol. The van der Waals surface area contributed by atoms with Crippen molar-refractivity contribution in [1.29, 1.82) is 0 Å². The zero-order valence-corrected chi connectivity index (χ0v) is 17.5. The van der Waals surface area contributed by atoms with Gasteiger partial charge >= 0.3 is 0 Å². The molecule has 2 amide bonds. The number of halogens is 2. The van der Waals surface area contributed by atoms with E-state index in [1.165, 1.54) is 22.7 Å². The average Bonchev–Trinajstić information content (AvgIpc) is 3.11. The van der Waals surface area contributed by atoms with E-state index in [9.17, 15) is 9.59 Å². The summed E-state index contributed by atoms with van der Waals surface area (Å²) in [5, 5.41) is 5.14. The SMILES string of the molecule is C[C@@H]1CCc2c(sc(NC(=O)c3sc4cc(Cl)ccc4c3Cl)c2C(N)=O)C1. The molecule has 8 heteroatoms. The Morgan fingerprint density at radius 3 is 2.78 bits per heavy atom. The van der Waals surface area contributed by atoms with Crippen LogP contribution in [0, 0.1) is 5.92 Å². The summed E-state index contributed by atoms with van der Waals surface area (Å²) in [6.45, 7) is 2.19. The van der Waals surface area contributed by atoms with Crippen LogP contribution in [-0.2, 0) is 12.8 Å². The third-order valence-electron chi connectivity index (χ3n) is 4.78. The maximum atomic E-state index is 12.9. The second-order valence-corrected chi connectivity index (χ2v) is 9.73. The minimum absolute atomic E-state index is 0.341. The highest BCUT2D eigenvalue weighted by molar-refractivity contribution is 7.22. The van der Waals surface area contributed by atoms with Crippen LogP contribution in [0.2, 0.25) is 10.0 Å². The Kier molecular flexibility index (Phi) is 4.93. The van der Waals surface area contributed by atoms with E-state index in [1.807, 2.05) is 0 Å². The van der Waals surface area contributed by atoms with E-state index in [2.05, 4.69) is 12.2 Å². The second-order valence-electron chi connectivity index (χ2n) is 6.76. The first-order valence-electron chi connectivity index (χ1n) is 8.48. The zero-order chi connectivity index (χ0) is 19.3. The minimum Gasteiger partial charge on any atom is -0.365 e. The van der Waals surface area contributed by atoms with Gasteiger partial charge in [-0.25, -0.2) is 0 Å². The third-order valence-corrected chi connectivity index (χ3v) is 7.84. The number of anilines is 1. The molecule has 4 rings (SSSR count). The van der Waals surface area contributed by atoms with Crippen LogP contribution in [0.15, 0.2) is 18.2 Å². The molecule has 2 aromatic heterocycles. The number of hydrogen-bond acceptors (Lipinski definition) is 4. The number of nitrogens with one attached hydrogen (secondary N) is 1. The molecule has 0 spiro atoms. The van der Waals surface area contributed by atoms with Crippen molar-refractivity contribution in [2.45, 2.75) is 26.2 Å². The van der Waals surface area contributed by atoms with Crippen LogP contribution in [0.4, 0.5) is 5.00 Å². The van der Waals surface area contributed by atoms with Gasteiger partial charge < -0.3 is 11.1 Å². The molecule has 2 heterocycles. The molecule has 0 fully saturated rings. The van der Waals surface area contributed by atoms with Gasteiger partial charge in [-0.1, -0.05) is 36.2 Å². The summed E-state index contributed by atoms with van der Waals surface area (Å²) < 4.78 is 0.840. The van der Waals surface area contributed by atoms with Crippen LogP contribution in [0.5, 0.6) is 0 Å². The fourth-order valence-electron chi connectivity index (χ4n) is 3.44. The van der Waals surface area contributed by atoms with Crippen molar-refractivity contribution < 1.29 is 9.59 Å². The largest absolute Gasteiger partial charge is 0.365 e. The van der Waals surface area contributed by atoms with E-state index in [4.69, 9.17) is 28.9 Å². The van der Waals surface area contributed by atoms with Gasteiger partial charge in [-0.2, -0.15) is 0 Å². The molecule has 3 N–H and O–H groups in total. The van der Waals surface area contributed by atoms with Crippen molar-refractivity contribution in [3.05, 3.63) is 49.1 Å². The molecule has 140 valence electrons. The first-order valence-corrected chi connectivity index (χ1v) is 10.9. The lowest BCUT2D eigenvalue weighted by molar-refractivity contribution is 0.1000. The zero-order valence-electron chi connectivity index (χ0n) is 14.4. The van der Waals surface area contributed by atoms with Gasteiger partial charge in [-0.3, -0.25) is 9.59 Å².